The first-order chi connectivity index (χ1) is 15.6. The molecule has 0 bridgehead atoms. The summed E-state index contributed by atoms with van der Waals surface area (Å²) in [6, 6.07) is 15.5. The van der Waals surface area contributed by atoms with Crippen LogP contribution in [0.2, 0.25) is 0 Å². The summed E-state index contributed by atoms with van der Waals surface area (Å²) in [6.07, 6.45) is 1.54. The molecule has 1 N–H and O–H groups in total. The second-order valence-corrected chi connectivity index (χ2v) is 6.75. The maximum absolute atomic E-state index is 13.0. The molecule has 0 aliphatic carbocycles. The van der Waals surface area contributed by atoms with Crippen molar-refractivity contribution in [2.24, 2.45) is 10.2 Å². The van der Waals surface area contributed by atoms with Crippen LogP contribution in [0, 0.1) is 22.7 Å². The fourth-order valence-corrected chi connectivity index (χ4v) is 3.15. The zero-order valence-electron chi connectivity index (χ0n) is 17.8. The third kappa shape index (κ3) is 5.21. The summed E-state index contributed by atoms with van der Waals surface area (Å²) in [6.45, 7) is 2.94. The van der Waals surface area contributed by atoms with E-state index >= 15 is 0 Å². The van der Waals surface area contributed by atoms with E-state index in [0.717, 1.165) is 24.1 Å². The largest absolute Gasteiger partial charge is 0.493 e. The number of benzene rings is 2. The Morgan fingerprint density at radius 1 is 1.19 bits per heavy atom. The van der Waals surface area contributed by atoms with E-state index in [2.05, 4.69) is 15.6 Å². The van der Waals surface area contributed by atoms with Gasteiger partial charge in [0, 0.05) is 17.7 Å². The van der Waals surface area contributed by atoms with Crippen molar-refractivity contribution >= 4 is 23.0 Å². The van der Waals surface area contributed by atoms with Crippen molar-refractivity contribution in [2.45, 2.75) is 19.8 Å². The van der Waals surface area contributed by atoms with Gasteiger partial charge in [0.05, 0.1) is 25.1 Å². The number of nitrogens with one attached hydrogen (secondary N) is 1. The van der Waals surface area contributed by atoms with Gasteiger partial charge in [-0.15, -0.1) is 0 Å². The number of ether oxygens (including phenoxy) is 2. The number of carbonyl (C=O) groups is 1. The number of hydrogen-bond donors (Lipinski definition) is 1. The van der Waals surface area contributed by atoms with Gasteiger partial charge in [-0.1, -0.05) is 0 Å². The highest BCUT2D eigenvalue weighted by Gasteiger charge is 2.21. The number of carbonyl (C=O) groups excluding carboxylic acids is 1. The molecule has 32 heavy (non-hydrogen) atoms. The van der Waals surface area contributed by atoms with Gasteiger partial charge in [0.1, 0.15) is 12.1 Å². The Kier molecular flexibility index (Phi) is 7.39. The van der Waals surface area contributed by atoms with Crippen molar-refractivity contribution in [3.8, 4) is 23.6 Å². The van der Waals surface area contributed by atoms with E-state index in [4.69, 9.17) is 20.0 Å². The highest BCUT2D eigenvalue weighted by molar-refractivity contribution is 6.10. The molecule has 1 heterocycles. The maximum atomic E-state index is 13.0. The molecule has 1 amide bonds. The Labute approximate surface area is 186 Å². The number of methoxy groups -OCH3 is 1. The molecule has 0 radical (unpaired) electrons. The smallest absolute Gasteiger partial charge is 0.273 e. The Morgan fingerprint density at radius 2 is 1.94 bits per heavy atom. The molecule has 162 valence electrons. The molecule has 1 aliphatic rings. The molecule has 0 unspecified atom stereocenters. The number of hydrogen-bond acceptors (Lipinski definition) is 8. The van der Waals surface area contributed by atoms with Crippen LogP contribution < -0.4 is 14.9 Å². The summed E-state index contributed by atoms with van der Waals surface area (Å²) in [5.41, 5.74) is 5.04. The van der Waals surface area contributed by atoms with Gasteiger partial charge in [-0.05, 0) is 62.2 Å². The average Bonchev–Trinajstić information content (AvgIpc) is 2.85. The molecule has 0 fully saturated rings. The summed E-state index contributed by atoms with van der Waals surface area (Å²) >= 11 is 0. The van der Waals surface area contributed by atoms with Crippen molar-refractivity contribution in [1.82, 2.24) is 5.01 Å². The predicted octanol–water partition coefficient (Wildman–Crippen LogP) is 3.55. The molecule has 0 saturated heterocycles. The minimum absolute atomic E-state index is 0.217. The van der Waals surface area contributed by atoms with Gasteiger partial charge >= 0.3 is 0 Å². The van der Waals surface area contributed by atoms with E-state index in [1.807, 2.05) is 25.1 Å². The van der Waals surface area contributed by atoms with Crippen LogP contribution in [-0.4, -0.2) is 42.6 Å². The van der Waals surface area contributed by atoms with E-state index in [1.165, 1.54) is 5.01 Å². The minimum Gasteiger partial charge on any atom is -0.493 e. The maximum Gasteiger partial charge on any atom is 0.273 e. The third-order valence-corrected chi connectivity index (χ3v) is 4.70. The fourth-order valence-electron chi connectivity index (χ4n) is 3.15. The lowest BCUT2D eigenvalue weighted by molar-refractivity contribution is 0.0751. The number of rotatable bonds is 7. The molecule has 0 saturated carbocycles. The highest BCUT2D eigenvalue weighted by Crippen LogP contribution is 2.29. The first-order valence-electron chi connectivity index (χ1n) is 10.0. The van der Waals surface area contributed by atoms with E-state index in [0.29, 0.717) is 35.9 Å². The van der Waals surface area contributed by atoms with Crippen LogP contribution in [0.3, 0.4) is 0 Å². The van der Waals surface area contributed by atoms with Gasteiger partial charge < -0.3 is 9.47 Å². The van der Waals surface area contributed by atoms with Gasteiger partial charge in [-0.2, -0.15) is 20.7 Å². The van der Waals surface area contributed by atoms with Crippen molar-refractivity contribution < 1.29 is 14.3 Å². The van der Waals surface area contributed by atoms with Crippen LogP contribution in [0.15, 0.2) is 52.7 Å². The van der Waals surface area contributed by atoms with Crippen LogP contribution in [0.25, 0.3) is 0 Å². The van der Waals surface area contributed by atoms with E-state index in [9.17, 15) is 4.79 Å². The van der Waals surface area contributed by atoms with Crippen molar-refractivity contribution in [3.05, 3.63) is 53.6 Å². The van der Waals surface area contributed by atoms with Crippen LogP contribution >= 0.6 is 0 Å². The second-order valence-electron chi connectivity index (χ2n) is 6.75. The number of nitriles is 2. The number of nitrogens with zero attached hydrogens (tertiary/aromatic N) is 5. The standard InChI is InChI=1S/C23H22N6O3/c1-3-32-22-13-17(8-11-21(22)31-2)20-5-4-12-29(28-20)23(30)16-6-9-18(10-7-16)26-27-19(14-24)15-25/h6-11,13,26H,3-5,12H2,1-2H3. The Morgan fingerprint density at radius 3 is 2.59 bits per heavy atom. The number of amides is 1. The zero-order valence-corrected chi connectivity index (χ0v) is 17.8. The average molecular weight is 430 g/mol. The molecule has 2 aromatic rings. The lowest BCUT2D eigenvalue weighted by atomic mass is 10.0. The van der Waals surface area contributed by atoms with E-state index < -0.39 is 0 Å². The minimum atomic E-state index is -0.286. The zero-order chi connectivity index (χ0) is 22.9. The molecule has 0 spiro atoms. The molecule has 2 aromatic carbocycles. The summed E-state index contributed by atoms with van der Waals surface area (Å²) in [7, 11) is 1.59. The molecule has 0 aromatic heterocycles. The Balaban J connectivity index is 1.77. The predicted molar refractivity (Wildman–Crippen MR) is 120 cm³/mol. The van der Waals surface area contributed by atoms with Gasteiger partial charge in [0.15, 0.2) is 11.5 Å². The third-order valence-electron chi connectivity index (χ3n) is 4.70. The first-order valence-corrected chi connectivity index (χ1v) is 10.0. The highest BCUT2D eigenvalue weighted by atomic mass is 16.5. The topological polar surface area (TPSA) is 123 Å². The number of hydrazone groups is 2. The first kappa shape index (κ1) is 22.3. The molecular weight excluding hydrogens is 408 g/mol. The lowest BCUT2D eigenvalue weighted by Crippen LogP contribution is -2.32. The lowest BCUT2D eigenvalue weighted by Gasteiger charge is -2.24. The van der Waals surface area contributed by atoms with Crippen LogP contribution in [-0.2, 0) is 0 Å². The molecule has 1 aliphatic heterocycles. The van der Waals surface area contributed by atoms with Crippen molar-refractivity contribution in [1.29, 1.82) is 10.5 Å². The van der Waals surface area contributed by atoms with Gasteiger partial charge in [-0.3, -0.25) is 10.2 Å². The Bertz CT molecular complexity index is 1110. The van der Waals surface area contributed by atoms with Crippen molar-refractivity contribution in [2.75, 3.05) is 25.7 Å². The monoisotopic (exact) mass is 430 g/mol. The van der Waals surface area contributed by atoms with Crippen LogP contribution in [0.4, 0.5) is 5.69 Å². The second kappa shape index (κ2) is 10.6. The van der Waals surface area contributed by atoms with Crippen LogP contribution in [0.5, 0.6) is 11.5 Å². The summed E-state index contributed by atoms with van der Waals surface area (Å²) in [5, 5.41) is 27.2. The van der Waals surface area contributed by atoms with E-state index in [-0.39, 0.29) is 11.6 Å². The number of anilines is 1. The Hall–Kier alpha value is -4.37. The molecule has 9 heteroatoms. The van der Waals surface area contributed by atoms with Crippen molar-refractivity contribution in [3.63, 3.8) is 0 Å². The summed E-state index contributed by atoms with van der Waals surface area (Å²) in [5.74, 6) is 1.07. The van der Waals surface area contributed by atoms with E-state index in [1.54, 1.807) is 43.5 Å². The molecule has 3 rings (SSSR count). The fraction of sp³-hybridized carbons (Fsp3) is 0.261. The summed E-state index contributed by atoms with van der Waals surface area (Å²) < 4.78 is 11.0. The normalized spacial score (nSPS) is 12.6. The van der Waals surface area contributed by atoms with Crippen LogP contribution in [0.1, 0.15) is 35.7 Å². The summed E-state index contributed by atoms with van der Waals surface area (Å²) in [4.78, 5) is 13.0. The molecule has 9 nitrogen and oxygen atoms in total. The molecule has 0 atom stereocenters. The van der Waals surface area contributed by atoms with Gasteiger partial charge in [-0.25, -0.2) is 5.01 Å². The quantitative estimate of drug-likeness (QED) is 0.529. The SMILES string of the molecule is CCOc1cc(C2=NN(C(=O)c3ccc(NN=C(C#N)C#N)cc3)CCC2)ccc1OC. The molecular formula is C23H22N6O3. The van der Waals surface area contributed by atoms with Gasteiger partial charge in [0.2, 0.25) is 5.71 Å². The van der Waals surface area contributed by atoms with Gasteiger partial charge in [0.25, 0.3) is 5.91 Å².